The predicted octanol–water partition coefficient (Wildman–Crippen LogP) is 2.87. The van der Waals surface area contributed by atoms with Crippen LogP contribution in [0.4, 0.5) is 0 Å². The van der Waals surface area contributed by atoms with E-state index in [2.05, 4.69) is 19.9 Å². The lowest BCUT2D eigenvalue weighted by atomic mass is 9.72. The van der Waals surface area contributed by atoms with Crippen molar-refractivity contribution >= 4 is 0 Å². The average molecular weight is 210 g/mol. The molecule has 1 fully saturated rings. The fourth-order valence-electron chi connectivity index (χ4n) is 3.17. The molecule has 2 rings (SSSR count). The second kappa shape index (κ2) is 4.17. The van der Waals surface area contributed by atoms with Gasteiger partial charge >= 0.3 is 0 Å². The lowest BCUT2D eigenvalue weighted by molar-refractivity contribution is -0.0485. The first kappa shape index (κ1) is 11.0. The molecule has 2 nitrogen and oxygen atoms in total. The highest BCUT2D eigenvalue weighted by Crippen LogP contribution is 2.41. The van der Waals surface area contributed by atoms with Gasteiger partial charge in [0.05, 0.1) is 6.61 Å². The van der Waals surface area contributed by atoms with E-state index in [1.54, 1.807) is 0 Å². The number of hydrogen-bond acceptors (Lipinski definition) is 2. The van der Waals surface area contributed by atoms with E-state index in [1.807, 2.05) is 0 Å². The van der Waals surface area contributed by atoms with Gasteiger partial charge in [-0.05, 0) is 50.0 Å². The van der Waals surface area contributed by atoms with E-state index in [-0.39, 0.29) is 0 Å². The molecular weight excluding hydrogens is 188 g/mol. The lowest BCUT2D eigenvalue weighted by Gasteiger charge is -2.40. The van der Waals surface area contributed by atoms with Crippen LogP contribution in [0.25, 0.3) is 0 Å². The highest BCUT2D eigenvalue weighted by Gasteiger charge is 2.40. The van der Waals surface area contributed by atoms with Gasteiger partial charge in [0.25, 0.3) is 0 Å². The number of ether oxygens (including phenoxy) is 1. The molecule has 0 bridgehead atoms. The summed E-state index contributed by atoms with van der Waals surface area (Å²) < 4.78 is 5.63. The SMILES string of the molecule is CC1CC(C)CC(O)(C2=CCCCO2)C1. The minimum atomic E-state index is -0.669. The molecule has 0 spiro atoms. The third-order valence-corrected chi connectivity index (χ3v) is 3.57. The summed E-state index contributed by atoms with van der Waals surface area (Å²) >= 11 is 0. The van der Waals surface area contributed by atoms with Crippen LogP contribution in [0.1, 0.15) is 46.0 Å². The van der Waals surface area contributed by atoms with Crippen LogP contribution in [0.3, 0.4) is 0 Å². The van der Waals surface area contributed by atoms with Crippen molar-refractivity contribution in [2.24, 2.45) is 11.8 Å². The molecule has 0 aromatic rings. The van der Waals surface area contributed by atoms with Crippen LogP contribution < -0.4 is 0 Å². The van der Waals surface area contributed by atoms with Gasteiger partial charge in [0.15, 0.2) is 0 Å². The summed E-state index contributed by atoms with van der Waals surface area (Å²) in [5, 5.41) is 10.6. The van der Waals surface area contributed by atoms with Gasteiger partial charge < -0.3 is 9.84 Å². The van der Waals surface area contributed by atoms with Crippen LogP contribution in [-0.4, -0.2) is 17.3 Å². The Labute approximate surface area is 92.3 Å². The van der Waals surface area contributed by atoms with E-state index in [1.165, 1.54) is 6.42 Å². The van der Waals surface area contributed by atoms with Crippen molar-refractivity contribution in [1.82, 2.24) is 0 Å². The Balaban J connectivity index is 2.13. The second-order valence-corrected chi connectivity index (χ2v) is 5.44. The summed E-state index contributed by atoms with van der Waals surface area (Å²) in [6.45, 7) is 5.23. The molecule has 1 aliphatic heterocycles. The zero-order valence-electron chi connectivity index (χ0n) is 9.83. The van der Waals surface area contributed by atoms with Crippen molar-refractivity contribution in [1.29, 1.82) is 0 Å². The minimum absolute atomic E-state index is 0.602. The normalized spacial score (nSPS) is 41.9. The summed E-state index contributed by atoms with van der Waals surface area (Å²) in [5.41, 5.74) is -0.669. The zero-order valence-corrected chi connectivity index (χ0v) is 9.83. The Morgan fingerprint density at radius 3 is 2.53 bits per heavy atom. The Morgan fingerprint density at radius 2 is 2.00 bits per heavy atom. The Morgan fingerprint density at radius 1 is 1.33 bits per heavy atom. The van der Waals surface area contributed by atoms with Crippen LogP contribution >= 0.6 is 0 Å². The van der Waals surface area contributed by atoms with Gasteiger partial charge in [-0.3, -0.25) is 0 Å². The van der Waals surface area contributed by atoms with Crippen molar-refractivity contribution in [3.8, 4) is 0 Å². The van der Waals surface area contributed by atoms with Crippen LogP contribution in [0.15, 0.2) is 11.8 Å². The van der Waals surface area contributed by atoms with Crippen LogP contribution in [-0.2, 0) is 4.74 Å². The van der Waals surface area contributed by atoms with Gasteiger partial charge in [0.2, 0.25) is 0 Å². The smallest absolute Gasteiger partial charge is 0.124 e. The molecule has 0 radical (unpaired) electrons. The molecule has 1 heterocycles. The third kappa shape index (κ3) is 2.36. The molecule has 2 aliphatic rings. The Bertz CT molecular complexity index is 247. The fraction of sp³-hybridized carbons (Fsp3) is 0.846. The van der Waals surface area contributed by atoms with Gasteiger partial charge in [-0.2, -0.15) is 0 Å². The summed E-state index contributed by atoms with van der Waals surface area (Å²) in [6.07, 6.45) is 7.20. The molecule has 0 saturated heterocycles. The lowest BCUT2D eigenvalue weighted by Crippen LogP contribution is -2.41. The fourth-order valence-corrected chi connectivity index (χ4v) is 3.17. The molecule has 86 valence electrons. The largest absolute Gasteiger partial charge is 0.495 e. The molecule has 1 N–H and O–H groups in total. The van der Waals surface area contributed by atoms with E-state index < -0.39 is 5.60 Å². The van der Waals surface area contributed by atoms with Crippen LogP contribution in [0.5, 0.6) is 0 Å². The Hall–Kier alpha value is -0.500. The molecule has 2 heteroatoms. The number of hydrogen-bond donors (Lipinski definition) is 1. The molecule has 15 heavy (non-hydrogen) atoms. The Kier molecular flexibility index (Phi) is 3.06. The van der Waals surface area contributed by atoms with E-state index >= 15 is 0 Å². The maximum atomic E-state index is 10.6. The van der Waals surface area contributed by atoms with Crippen molar-refractivity contribution in [2.75, 3.05) is 6.61 Å². The summed E-state index contributed by atoms with van der Waals surface area (Å²) in [7, 11) is 0. The van der Waals surface area contributed by atoms with Crippen molar-refractivity contribution < 1.29 is 9.84 Å². The molecule has 0 amide bonds. The highest BCUT2D eigenvalue weighted by atomic mass is 16.5. The second-order valence-electron chi connectivity index (χ2n) is 5.44. The third-order valence-electron chi connectivity index (χ3n) is 3.57. The summed E-state index contributed by atoms with van der Waals surface area (Å²) in [5.74, 6) is 2.06. The van der Waals surface area contributed by atoms with Crippen molar-refractivity contribution in [3.63, 3.8) is 0 Å². The van der Waals surface area contributed by atoms with E-state index in [0.29, 0.717) is 11.8 Å². The molecule has 2 unspecified atom stereocenters. The first-order valence-electron chi connectivity index (χ1n) is 6.16. The van der Waals surface area contributed by atoms with Gasteiger partial charge in [-0.15, -0.1) is 0 Å². The zero-order chi connectivity index (χ0) is 10.9. The maximum absolute atomic E-state index is 10.6. The highest BCUT2D eigenvalue weighted by molar-refractivity contribution is 5.13. The molecule has 1 aliphatic carbocycles. The van der Waals surface area contributed by atoms with Gasteiger partial charge in [0.1, 0.15) is 11.4 Å². The van der Waals surface area contributed by atoms with Gasteiger partial charge in [-0.1, -0.05) is 13.8 Å². The van der Waals surface area contributed by atoms with E-state index in [4.69, 9.17) is 4.74 Å². The summed E-state index contributed by atoms with van der Waals surface area (Å²) in [6, 6.07) is 0. The molecule has 2 atom stereocenters. The molecule has 0 aromatic heterocycles. The topological polar surface area (TPSA) is 29.5 Å². The summed E-state index contributed by atoms with van der Waals surface area (Å²) in [4.78, 5) is 0. The standard InChI is InChI=1S/C13H22O2/c1-10-7-11(2)9-13(14,8-10)12-5-3-4-6-15-12/h5,10-11,14H,3-4,6-9H2,1-2H3. The number of allylic oxidation sites excluding steroid dienone is 1. The first-order chi connectivity index (χ1) is 7.10. The maximum Gasteiger partial charge on any atom is 0.124 e. The molecule has 0 aromatic carbocycles. The molecule has 1 saturated carbocycles. The predicted molar refractivity (Wildman–Crippen MR) is 60.4 cm³/mol. The van der Waals surface area contributed by atoms with Crippen molar-refractivity contribution in [2.45, 2.75) is 51.6 Å². The molecular formula is C13H22O2. The van der Waals surface area contributed by atoms with E-state index in [0.717, 1.165) is 38.0 Å². The minimum Gasteiger partial charge on any atom is -0.495 e. The van der Waals surface area contributed by atoms with E-state index in [9.17, 15) is 5.11 Å². The first-order valence-corrected chi connectivity index (χ1v) is 6.16. The van der Waals surface area contributed by atoms with Crippen LogP contribution in [0.2, 0.25) is 0 Å². The number of rotatable bonds is 1. The van der Waals surface area contributed by atoms with Gasteiger partial charge in [0, 0.05) is 0 Å². The quantitative estimate of drug-likeness (QED) is 0.721. The van der Waals surface area contributed by atoms with Crippen molar-refractivity contribution in [3.05, 3.63) is 11.8 Å². The van der Waals surface area contributed by atoms with Gasteiger partial charge in [-0.25, -0.2) is 0 Å². The number of aliphatic hydroxyl groups is 1. The van der Waals surface area contributed by atoms with Crippen LogP contribution in [0, 0.1) is 11.8 Å². The average Bonchev–Trinajstić information content (AvgIpc) is 2.17. The monoisotopic (exact) mass is 210 g/mol.